The molecule has 0 radical (unpaired) electrons. The minimum atomic E-state index is -0.329. The molecule has 1 amide bonds. The summed E-state index contributed by atoms with van der Waals surface area (Å²) in [5, 5.41) is 6.16. The average Bonchev–Trinajstić information content (AvgIpc) is 3.40. The summed E-state index contributed by atoms with van der Waals surface area (Å²) < 4.78 is 23.8. The third kappa shape index (κ3) is 4.58. The summed E-state index contributed by atoms with van der Waals surface area (Å²) >= 11 is 1.62. The third-order valence-electron chi connectivity index (χ3n) is 4.61. The van der Waals surface area contributed by atoms with Crippen LogP contribution in [-0.2, 0) is 11.3 Å². The van der Waals surface area contributed by atoms with Gasteiger partial charge in [-0.25, -0.2) is 4.39 Å². The van der Waals surface area contributed by atoms with E-state index in [0.29, 0.717) is 25.4 Å². The maximum atomic E-state index is 12.9. The number of ether oxygens (including phenoxy) is 1. The molecule has 1 saturated heterocycles. The largest absolute Gasteiger partial charge is 0.484 e. The summed E-state index contributed by atoms with van der Waals surface area (Å²) in [5.74, 6) is 0.882. The number of hydrogen-bond acceptors (Lipinski definition) is 6. The molecule has 6 nitrogen and oxygen atoms in total. The van der Waals surface area contributed by atoms with Gasteiger partial charge in [-0.15, -0.1) is 11.3 Å². The van der Waals surface area contributed by atoms with Crippen molar-refractivity contribution in [2.45, 2.75) is 6.54 Å². The van der Waals surface area contributed by atoms with Crippen LogP contribution < -0.4 is 4.74 Å². The monoisotopic (exact) mass is 401 g/mol. The van der Waals surface area contributed by atoms with E-state index in [1.165, 1.54) is 24.3 Å². The van der Waals surface area contributed by atoms with Gasteiger partial charge in [0, 0.05) is 38.8 Å². The Morgan fingerprint density at radius 1 is 1.18 bits per heavy atom. The van der Waals surface area contributed by atoms with Gasteiger partial charge < -0.3 is 14.2 Å². The molecule has 1 aliphatic heterocycles. The molecule has 0 unspecified atom stereocenters. The van der Waals surface area contributed by atoms with Gasteiger partial charge in [-0.3, -0.25) is 9.69 Å². The molecule has 8 heteroatoms. The van der Waals surface area contributed by atoms with E-state index < -0.39 is 0 Å². The van der Waals surface area contributed by atoms with Gasteiger partial charge in [-0.05, 0) is 35.7 Å². The topological polar surface area (TPSA) is 58.8 Å². The molecular formula is C20H20FN3O3S. The number of amides is 1. The van der Waals surface area contributed by atoms with E-state index in [2.05, 4.69) is 10.1 Å². The van der Waals surface area contributed by atoms with Gasteiger partial charge in [0.25, 0.3) is 5.91 Å². The molecule has 0 aliphatic carbocycles. The van der Waals surface area contributed by atoms with Crippen LogP contribution in [0.2, 0.25) is 0 Å². The predicted octanol–water partition coefficient (Wildman–Crippen LogP) is 3.27. The molecule has 4 rings (SSSR count). The minimum absolute atomic E-state index is 0.0426. The van der Waals surface area contributed by atoms with E-state index in [4.69, 9.17) is 9.26 Å². The Hall–Kier alpha value is -2.71. The van der Waals surface area contributed by atoms with Crippen molar-refractivity contribution in [3.8, 4) is 16.4 Å². The maximum absolute atomic E-state index is 12.9. The van der Waals surface area contributed by atoms with E-state index in [-0.39, 0.29) is 18.3 Å². The van der Waals surface area contributed by atoms with Crippen LogP contribution in [0.1, 0.15) is 5.69 Å². The van der Waals surface area contributed by atoms with Gasteiger partial charge in [-0.2, -0.15) is 0 Å². The summed E-state index contributed by atoms with van der Waals surface area (Å²) in [7, 11) is 0. The van der Waals surface area contributed by atoms with E-state index in [1.807, 2.05) is 23.6 Å². The van der Waals surface area contributed by atoms with Gasteiger partial charge in [0.15, 0.2) is 12.4 Å². The zero-order chi connectivity index (χ0) is 19.3. The lowest BCUT2D eigenvalue weighted by atomic mass is 10.2. The number of halogens is 1. The van der Waals surface area contributed by atoms with Crippen molar-refractivity contribution in [3.05, 3.63) is 59.4 Å². The van der Waals surface area contributed by atoms with Gasteiger partial charge in [0.1, 0.15) is 11.6 Å². The Morgan fingerprint density at radius 2 is 1.96 bits per heavy atom. The molecule has 1 aromatic carbocycles. The lowest BCUT2D eigenvalue weighted by molar-refractivity contribution is -0.135. The first-order valence-electron chi connectivity index (χ1n) is 9.05. The molecule has 3 aromatic rings. The molecule has 0 atom stereocenters. The second-order valence-corrected chi connectivity index (χ2v) is 7.51. The number of benzene rings is 1. The van der Waals surface area contributed by atoms with Crippen LogP contribution in [0.15, 0.2) is 52.4 Å². The second-order valence-electron chi connectivity index (χ2n) is 6.56. The molecule has 146 valence electrons. The van der Waals surface area contributed by atoms with Gasteiger partial charge >= 0.3 is 0 Å². The highest BCUT2D eigenvalue weighted by Crippen LogP contribution is 2.25. The van der Waals surface area contributed by atoms with Crippen molar-refractivity contribution in [2.24, 2.45) is 0 Å². The standard InChI is InChI=1S/C20H20FN3O3S/c21-15-3-5-17(6-4-15)26-14-20(25)24-9-7-23(8-10-24)13-16-12-18(27-22-16)19-2-1-11-28-19/h1-6,11-12H,7-10,13-14H2. The SMILES string of the molecule is O=C(COc1ccc(F)cc1)N1CCN(Cc2cc(-c3cccs3)on2)CC1. The number of thiophene rings is 1. The Kier molecular flexibility index (Phi) is 5.68. The van der Waals surface area contributed by atoms with Crippen molar-refractivity contribution in [1.82, 2.24) is 15.0 Å². The molecular weight excluding hydrogens is 381 g/mol. The molecule has 0 bridgehead atoms. The van der Waals surface area contributed by atoms with E-state index in [0.717, 1.165) is 29.4 Å². The lowest BCUT2D eigenvalue weighted by Crippen LogP contribution is -2.49. The average molecular weight is 401 g/mol. The smallest absolute Gasteiger partial charge is 0.260 e. The van der Waals surface area contributed by atoms with Crippen LogP contribution >= 0.6 is 11.3 Å². The van der Waals surface area contributed by atoms with Crippen molar-refractivity contribution in [2.75, 3.05) is 32.8 Å². The number of carbonyl (C=O) groups is 1. The van der Waals surface area contributed by atoms with Crippen LogP contribution in [0.5, 0.6) is 5.75 Å². The molecule has 0 N–H and O–H groups in total. The highest BCUT2D eigenvalue weighted by Gasteiger charge is 2.22. The zero-order valence-electron chi connectivity index (χ0n) is 15.2. The minimum Gasteiger partial charge on any atom is -0.484 e. The van der Waals surface area contributed by atoms with Crippen LogP contribution in [-0.4, -0.2) is 53.6 Å². The molecule has 28 heavy (non-hydrogen) atoms. The first kappa shape index (κ1) is 18.6. The number of carbonyl (C=O) groups excluding carboxylic acids is 1. The van der Waals surface area contributed by atoms with Crippen molar-refractivity contribution in [3.63, 3.8) is 0 Å². The van der Waals surface area contributed by atoms with Crippen molar-refractivity contribution in [1.29, 1.82) is 0 Å². The molecule has 3 heterocycles. The fourth-order valence-electron chi connectivity index (χ4n) is 3.07. The third-order valence-corrected chi connectivity index (χ3v) is 5.49. The normalized spacial score (nSPS) is 15.0. The van der Waals surface area contributed by atoms with E-state index in [9.17, 15) is 9.18 Å². The number of rotatable bonds is 6. The van der Waals surface area contributed by atoms with Crippen molar-refractivity contribution >= 4 is 17.2 Å². The zero-order valence-corrected chi connectivity index (χ0v) is 16.0. The second kappa shape index (κ2) is 8.53. The van der Waals surface area contributed by atoms with Gasteiger partial charge in [0.05, 0.1) is 10.6 Å². The molecule has 1 aliphatic rings. The Bertz CT molecular complexity index is 903. The lowest BCUT2D eigenvalue weighted by Gasteiger charge is -2.34. The summed E-state index contributed by atoms with van der Waals surface area (Å²) in [4.78, 5) is 17.4. The molecule has 0 saturated carbocycles. The molecule has 1 fully saturated rings. The van der Waals surface area contributed by atoms with Crippen LogP contribution in [0.25, 0.3) is 10.6 Å². The number of hydrogen-bond donors (Lipinski definition) is 0. The number of piperazine rings is 1. The summed E-state index contributed by atoms with van der Waals surface area (Å²) in [5.41, 5.74) is 0.891. The summed E-state index contributed by atoms with van der Waals surface area (Å²) in [6.07, 6.45) is 0. The van der Waals surface area contributed by atoms with Crippen LogP contribution in [0.3, 0.4) is 0 Å². The predicted molar refractivity (Wildman–Crippen MR) is 104 cm³/mol. The first-order chi connectivity index (χ1) is 13.7. The Morgan fingerprint density at radius 3 is 2.68 bits per heavy atom. The fraction of sp³-hybridized carbons (Fsp3) is 0.300. The number of nitrogens with zero attached hydrogens (tertiary/aromatic N) is 3. The fourth-order valence-corrected chi connectivity index (χ4v) is 3.75. The maximum Gasteiger partial charge on any atom is 0.260 e. The quantitative estimate of drug-likeness (QED) is 0.635. The highest BCUT2D eigenvalue weighted by atomic mass is 32.1. The first-order valence-corrected chi connectivity index (χ1v) is 9.93. The molecule has 0 spiro atoms. The Balaban J connectivity index is 1.23. The number of aromatic nitrogens is 1. The Labute approximate surface area is 166 Å². The van der Waals surface area contributed by atoms with Crippen molar-refractivity contribution < 1.29 is 18.4 Å². The molecule has 2 aromatic heterocycles. The van der Waals surface area contributed by atoms with Crippen LogP contribution in [0.4, 0.5) is 4.39 Å². The summed E-state index contributed by atoms with van der Waals surface area (Å²) in [6, 6.07) is 11.6. The summed E-state index contributed by atoms with van der Waals surface area (Å²) in [6.45, 7) is 3.47. The van der Waals surface area contributed by atoms with Gasteiger partial charge in [-0.1, -0.05) is 11.2 Å². The van der Waals surface area contributed by atoms with Crippen LogP contribution in [0, 0.1) is 5.82 Å². The highest BCUT2D eigenvalue weighted by molar-refractivity contribution is 7.13. The van der Waals surface area contributed by atoms with Gasteiger partial charge in [0.2, 0.25) is 0 Å². The van der Waals surface area contributed by atoms with E-state index >= 15 is 0 Å². The van der Waals surface area contributed by atoms with E-state index in [1.54, 1.807) is 16.2 Å².